The Bertz CT molecular complexity index is 311. The summed E-state index contributed by atoms with van der Waals surface area (Å²) in [5, 5.41) is 0. The molecule has 0 aliphatic carbocycles. The summed E-state index contributed by atoms with van der Waals surface area (Å²) < 4.78 is 0. The molecule has 0 aliphatic heterocycles. The molecule has 0 saturated carbocycles. The Labute approximate surface area is 97.2 Å². The fourth-order valence-electron chi connectivity index (χ4n) is 1.58. The number of carbonyl (C=O) groups is 1. The minimum Gasteiger partial charge on any atom is -0.330 e. The van der Waals surface area contributed by atoms with Crippen molar-refractivity contribution in [3.05, 3.63) is 30.3 Å². The second-order valence-electron chi connectivity index (χ2n) is 3.77. The molecule has 1 rings (SSSR count). The predicted molar refractivity (Wildman–Crippen MR) is 67.4 cm³/mol. The standard InChI is InChI=1S/C13H20N2O/c1-2-3-11-15(13(16)9-10-14)12-7-5-4-6-8-12/h4-8H,2-3,9-11,14H2,1H3. The molecule has 88 valence electrons. The van der Waals surface area contributed by atoms with E-state index in [9.17, 15) is 4.79 Å². The predicted octanol–water partition coefficient (Wildman–Crippen LogP) is 2.17. The lowest BCUT2D eigenvalue weighted by Gasteiger charge is -2.22. The summed E-state index contributed by atoms with van der Waals surface area (Å²) in [6.07, 6.45) is 2.52. The van der Waals surface area contributed by atoms with E-state index in [0.29, 0.717) is 13.0 Å². The van der Waals surface area contributed by atoms with Gasteiger partial charge in [-0.2, -0.15) is 0 Å². The van der Waals surface area contributed by atoms with Gasteiger partial charge in [0.1, 0.15) is 0 Å². The number of nitrogens with two attached hydrogens (primary N) is 1. The number of nitrogens with zero attached hydrogens (tertiary/aromatic N) is 1. The minimum atomic E-state index is 0.113. The average molecular weight is 220 g/mol. The van der Waals surface area contributed by atoms with Gasteiger partial charge >= 0.3 is 0 Å². The number of carbonyl (C=O) groups excluding carboxylic acids is 1. The first kappa shape index (κ1) is 12.7. The molecule has 0 heterocycles. The zero-order valence-corrected chi connectivity index (χ0v) is 9.86. The van der Waals surface area contributed by atoms with Gasteiger partial charge in [0.05, 0.1) is 0 Å². The first-order valence-corrected chi connectivity index (χ1v) is 5.85. The van der Waals surface area contributed by atoms with Crippen LogP contribution in [0.25, 0.3) is 0 Å². The SMILES string of the molecule is CCCCN(C(=O)CCN)c1ccccc1. The monoisotopic (exact) mass is 220 g/mol. The molecule has 3 nitrogen and oxygen atoms in total. The molecule has 3 heteroatoms. The van der Waals surface area contributed by atoms with Gasteiger partial charge in [-0.15, -0.1) is 0 Å². The highest BCUT2D eigenvalue weighted by Crippen LogP contribution is 2.15. The molecule has 0 saturated heterocycles. The first-order chi connectivity index (χ1) is 7.79. The van der Waals surface area contributed by atoms with Gasteiger partial charge in [0.15, 0.2) is 0 Å². The fraction of sp³-hybridized carbons (Fsp3) is 0.462. The van der Waals surface area contributed by atoms with E-state index in [2.05, 4.69) is 6.92 Å². The molecule has 0 radical (unpaired) electrons. The van der Waals surface area contributed by atoms with Crippen molar-refractivity contribution < 1.29 is 4.79 Å². The van der Waals surface area contributed by atoms with E-state index >= 15 is 0 Å². The Morgan fingerprint density at radius 1 is 1.31 bits per heavy atom. The molecular weight excluding hydrogens is 200 g/mol. The molecular formula is C13H20N2O. The zero-order chi connectivity index (χ0) is 11.8. The third-order valence-corrected chi connectivity index (χ3v) is 2.46. The molecule has 0 aliphatic rings. The maximum Gasteiger partial charge on any atom is 0.228 e. The van der Waals surface area contributed by atoms with Gasteiger partial charge < -0.3 is 10.6 Å². The Hall–Kier alpha value is -1.35. The summed E-state index contributed by atoms with van der Waals surface area (Å²) >= 11 is 0. The average Bonchev–Trinajstić information content (AvgIpc) is 2.31. The number of hydrogen-bond donors (Lipinski definition) is 1. The van der Waals surface area contributed by atoms with E-state index in [4.69, 9.17) is 5.73 Å². The van der Waals surface area contributed by atoms with E-state index in [-0.39, 0.29) is 5.91 Å². The molecule has 0 atom stereocenters. The molecule has 1 aromatic rings. The van der Waals surface area contributed by atoms with Gasteiger partial charge in [-0.25, -0.2) is 0 Å². The van der Waals surface area contributed by atoms with Crippen molar-refractivity contribution in [3.8, 4) is 0 Å². The van der Waals surface area contributed by atoms with Crippen molar-refractivity contribution in [2.75, 3.05) is 18.0 Å². The van der Waals surface area contributed by atoms with E-state index in [1.807, 2.05) is 35.2 Å². The van der Waals surface area contributed by atoms with Gasteiger partial charge in [0.25, 0.3) is 0 Å². The van der Waals surface area contributed by atoms with Crippen molar-refractivity contribution in [2.24, 2.45) is 5.73 Å². The molecule has 2 N–H and O–H groups in total. The maximum absolute atomic E-state index is 11.9. The van der Waals surface area contributed by atoms with Crippen LogP contribution in [0, 0.1) is 0 Å². The van der Waals surface area contributed by atoms with Crippen molar-refractivity contribution in [3.63, 3.8) is 0 Å². The summed E-state index contributed by atoms with van der Waals surface area (Å²) in [4.78, 5) is 13.7. The van der Waals surface area contributed by atoms with E-state index in [1.54, 1.807) is 0 Å². The molecule has 1 aromatic carbocycles. The third-order valence-electron chi connectivity index (χ3n) is 2.46. The minimum absolute atomic E-state index is 0.113. The summed E-state index contributed by atoms with van der Waals surface area (Å²) in [5.41, 5.74) is 6.39. The van der Waals surface area contributed by atoms with Gasteiger partial charge in [-0.3, -0.25) is 4.79 Å². The Morgan fingerprint density at radius 2 is 2.00 bits per heavy atom. The second-order valence-corrected chi connectivity index (χ2v) is 3.77. The van der Waals surface area contributed by atoms with E-state index < -0.39 is 0 Å². The quantitative estimate of drug-likeness (QED) is 0.798. The first-order valence-electron chi connectivity index (χ1n) is 5.85. The number of rotatable bonds is 6. The third kappa shape index (κ3) is 3.66. The van der Waals surface area contributed by atoms with Crippen molar-refractivity contribution in [2.45, 2.75) is 26.2 Å². The lowest BCUT2D eigenvalue weighted by atomic mass is 10.2. The van der Waals surface area contributed by atoms with Crippen LogP contribution in [0.2, 0.25) is 0 Å². The summed E-state index contributed by atoms with van der Waals surface area (Å²) in [6.45, 7) is 3.31. The number of anilines is 1. The summed E-state index contributed by atoms with van der Waals surface area (Å²) in [5.74, 6) is 0.113. The van der Waals surface area contributed by atoms with Crippen LogP contribution in [-0.4, -0.2) is 19.0 Å². The molecule has 0 fully saturated rings. The zero-order valence-electron chi connectivity index (χ0n) is 9.86. The van der Waals surface area contributed by atoms with Crippen molar-refractivity contribution in [1.82, 2.24) is 0 Å². The largest absolute Gasteiger partial charge is 0.330 e. The Balaban J connectivity index is 2.74. The van der Waals surface area contributed by atoms with E-state index in [0.717, 1.165) is 25.1 Å². The molecule has 1 amide bonds. The molecule has 0 unspecified atom stereocenters. The van der Waals surface area contributed by atoms with Crippen LogP contribution in [-0.2, 0) is 4.79 Å². The van der Waals surface area contributed by atoms with Gasteiger partial charge in [-0.1, -0.05) is 31.5 Å². The van der Waals surface area contributed by atoms with Gasteiger partial charge in [0, 0.05) is 25.2 Å². The summed E-state index contributed by atoms with van der Waals surface area (Å²) in [6, 6.07) is 9.77. The normalized spacial score (nSPS) is 10.1. The van der Waals surface area contributed by atoms with Crippen LogP contribution in [0.4, 0.5) is 5.69 Å². The second kappa shape index (κ2) is 7.01. The number of unbranched alkanes of at least 4 members (excludes halogenated alkanes) is 1. The molecule has 0 aromatic heterocycles. The molecule has 0 bridgehead atoms. The number of amides is 1. The fourth-order valence-corrected chi connectivity index (χ4v) is 1.58. The highest BCUT2D eigenvalue weighted by molar-refractivity contribution is 5.93. The highest BCUT2D eigenvalue weighted by atomic mass is 16.2. The van der Waals surface area contributed by atoms with Crippen LogP contribution in [0.5, 0.6) is 0 Å². The van der Waals surface area contributed by atoms with Gasteiger partial charge in [0.2, 0.25) is 5.91 Å². The summed E-state index contributed by atoms with van der Waals surface area (Å²) in [7, 11) is 0. The molecule has 0 spiro atoms. The van der Waals surface area contributed by atoms with E-state index in [1.165, 1.54) is 0 Å². The van der Waals surface area contributed by atoms with Crippen LogP contribution in [0.1, 0.15) is 26.2 Å². The Morgan fingerprint density at radius 3 is 2.56 bits per heavy atom. The van der Waals surface area contributed by atoms with Crippen LogP contribution in [0.15, 0.2) is 30.3 Å². The number of benzene rings is 1. The Kier molecular flexibility index (Phi) is 5.57. The smallest absolute Gasteiger partial charge is 0.228 e. The van der Waals surface area contributed by atoms with Crippen molar-refractivity contribution in [1.29, 1.82) is 0 Å². The lowest BCUT2D eigenvalue weighted by Crippen LogP contribution is -2.33. The van der Waals surface area contributed by atoms with Gasteiger partial charge in [-0.05, 0) is 18.6 Å². The van der Waals surface area contributed by atoms with Crippen LogP contribution < -0.4 is 10.6 Å². The number of hydrogen-bond acceptors (Lipinski definition) is 2. The highest BCUT2D eigenvalue weighted by Gasteiger charge is 2.13. The molecule has 16 heavy (non-hydrogen) atoms. The lowest BCUT2D eigenvalue weighted by molar-refractivity contribution is -0.118. The van der Waals surface area contributed by atoms with Crippen LogP contribution >= 0.6 is 0 Å². The van der Waals surface area contributed by atoms with Crippen LogP contribution in [0.3, 0.4) is 0 Å². The number of para-hydroxylation sites is 1. The topological polar surface area (TPSA) is 46.3 Å². The van der Waals surface area contributed by atoms with Crippen molar-refractivity contribution >= 4 is 11.6 Å². The maximum atomic E-state index is 11.9.